The fourth-order valence-electron chi connectivity index (χ4n) is 1.36. The van der Waals surface area contributed by atoms with Crippen molar-refractivity contribution < 1.29 is 26.7 Å². The van der Waals surface area contributed by atoms with E-state index in [0.29, 0.717) is 4.34 Å². The van der Waals surface area contributed by atoms with Gasteiger partial charge in [0.2, 0.25) is 11.7 Å². The number of aromatic nitrogens is 2. The van der Waals surface area contributed by atoms with E-state index in [1.807, 2.05) is 0 Å². The Kier molecular flexibility index (Phi) is 5.81. The van der Waals surface area contributed by atoms with Crippen molar-refractivity contribution >= 4 is 40.8 Å². The third-order valence-corrected chi connectivity index (χ3v) is 5.61. The van der Waals surface area contributed by atoms with E-state index >= 15 is 0 Å². The van der Waals surface area contributed by atoms with Crippen LogP contribution in [0, 0.1) is 29.1 Å². The molecule has 4 nitrogen and oxygen atoms in total. The predicted molar refractivity (Wildman–Crippen MR) is 75.6 cm³/mol. The molecular weight excluding hydrogens is 381 g/mol. The molecule has 0 aliphatic rings. The van der Waals surface area contributed by atoms with Crippen LogP contribution in [-0.4, -0.2) is 21.9 Å². The molecule has 0 saturated carbocycles. The number of nitrogens with two attached hydrogens (primary N) is 1. The van der Waals surface area contributed by atoms with Gasteiger partial charge < -0.3 is 5.73 Å². The van der Waals surface area contributed by atoms with Gasteiger partial charge in [0, 0.05) is 11.3 Å². The molecule has 0 spiro atoms. The fraction of sp³-hybridized carbons (Fsp3) is 0.182. The van der Waals surface area contributed by atoms with Crippen molar-refractivity contribution in [3.05, 3.63) is 34.6 Å². The predicted octanol–water partition coefficient (Wildman–Crippen LogP) is 3.10. The van der Waals surface area contributed by atoms with Crippen molar-refractivity contribution in [2.75, 3.05) is 5.75 Å². The summed E-state index contributed by atoms with van der Waals surface area (Å²) in [5, 5.41) is 7.38. The van der Waals surface area contributed by atoms with Crippen LogP contribution in [0.3, 0.4) is 0 Å². The normalized spacial score (nSPS) is 11.0. The summed E-state index contributed by atoms with van der Waals surface area (Å²) in [6.45, 7) is 0. The molecule has 1 aromatic carbocycles. The van der Waals surface area contributed by atoms with Crippen molar-refractivity contribution in [1.29, 1.82) is 0 Å². The molecule has 0 saturated heterocycles. The summed E-state index contributed by atoms with van der Waals surface area (Å²) in [7, 11) is 0. The molecule has 0 unspecified atom stereocenters. The van der Waals surface area contributed by atoms with Gasteiger partial charge in [0.25, 0.3) is 0 Å². The van der Waals surface area contributed by atoms with E-state index in [1.54, 1.807) is 0 Å². The summed E-state index contributed by atoms with van der Waals surface area (Å²) in [4.78, 5) is 10.6. The summed E-state index contributed by atoms with van der Waals surface area (Å²) < 4.78 is 66.7. The van der Waals surface area contributed by atoms with E-state index in [0.717, 1.165) is 34.9 Å². The van der Waals surface area contributed by atoms with E-state index in [9.17, 15) is 26.7 Å². The van der Waals surface area contributed by atoms with Crippen LogP contribution in [-0.2, 0) is 10.5 Å². The highest BCUT2D eigenvalue weighted by atomic mass is 32.2. The van der Waals surface area contributed by atoms with Crippen molar-refractivity contribution in [1.82, 2.24) is 10.2 Å². The molecule has 0 radical (unpaired) electrons. The van der Waals surface area contributed by atoms with Gasteiger partial charge in [-0.2, -0.15) is 0 Å². The van der Waals surface area contributed by atoms with E-state index < -0.39 is 46.3 Å². The maximum atomic E-state index is 13.5. The van der Waals surface area contributed by atoms with E-state index in [1.165, 1.54) is 0 Å². The zero-order valence-electron chi connectivity index (χ0n) is 10.9. The molecule has 2 rings (SSSR count). The summed E-state index contributed by atoms with van der Waals surface area (Å²) in [6.07, 6.45) is 0. The first kappa shape index (κ1) is 17.9. The monoisotopic (exact) mass is 387 g/mol. The van der Waals surface area contributed by atoms with Gasteiger partial charge in [-0.1, -0.05) is 34.9 Å². The second-order valence-corrected chi connectivity index (χ2v) is 7.35. The highest BCUT2D eigenvalue weighted by Crippen LogP contribution is 2.33. The maximum absolute atomic E-state index is 13.5. The van der Waals surface area contributed by atoms with Crippen LogP contribution < -0.4 is 5.73 Å². The lowest BCUT2D eigenvalue weighted by atomic mass is 10.2. The van der Waals surface area contributed by atoms with Gasteiger partial charge in [-0.15, -0.1) is 10.2 Å². The minimum Gasteiger partial charge on any atom is -0.369 e. The lowest BCUT2D eigenvalue weighted by Crippen LogP contribution is -2.12. The number of hydrogen-bond donors (Lipinski definition) is 1. The average Bonchev–Trinajstić information content (AvgIpc) is 2.97. The van der Waals surface area contributed by atoms with Crippen molar-refractivity contribution in [2.24, 2.45) is 5.73 Å². The zero-order chi connectivity index (χ0) is 17.1. The van der Waals surface area contributed by atoms with Gasteiger partial charge >= 0.3 is 0 Å². The highest BCUT2D eigenvalue weighted by Gasteiger charge is 2.25. The van der Waals surface area contributed by atoms with Crippen LogP contribution in [0.1, 0.15) is 5.56 Å². The Labute approximate surface area is 138 Å². The van der Waals surface area contributed by atoms with Crippen LogP contribution in [0.2, 0.25) is 0 Å². The Bertz CT molecular complexity index is 726. The highest BCUT2D eigenvalue weighted by molar-refractivity contribution is 8.03. The minimum atomic E-state index is -2.20. The van der Waals surface area contributed by atoms with Crippen LogP contribution in [0.25, 0.3) is 0 Å². The van der Waals surface area contributed by atoms with E-state index in [4.69, 9.17) is 5.73 Å². The minimum absolute atomic E-state index is 0.0169. The third-order valence-electron chi connectivity index (χ3n) is 2.37. The van der Waals surface area contributed by atoms with Crippen molar-refractivity contribution in [2.45, 2.75) is 14.4 Å². The molecule has 0 bridgehead atoms. The standard InChI is InChI=1S/C11H6F5N3OS3/c12-5-3(6(13)8(15)9(16)7(5)14)1-21-10-18-19-11(23-10)22-2-4(17)20/h1-2H2,(H2,17,20). The number of thioether (sulfide) groups is 2. The second kappa shape index (κ2) is 7.45. The topological polar surface area (TPSA) is 68.9 Å². The molecular formula is C11H6F5N3OS3. The maximum Gasteiger partial charge on any atom is 0.227 e. The number of halogens is 5. The van der Waals surface area contributed by atoms with Gasteiger partial charge in [0.1, 0.15) is 0 Å². The van der Waals surface area contributed by atoms with Gasteiger partial charge in [-0.25, -0.2) is 22.0 Å². The quantitative estimate of drug-likeness (QED) is 0.357. The molecule has 0 aliphatic carbocycles. The first-order chi connectivity index (χ1) is 10.8. The number of benzene rings is 1. The Balaban J connectivity index is 2.11. The third kappa shape index (κ3) is 4.12. The number of nitrogens with zero attached hydrogens (tertiary/aromatic N) is 2. The molecule has 0 aliphatic heterocycles. The molecule has 1 amide bonds. The Morgan fingerprint density at radius 1 is 0.913 bits per heavy atom. The molecule has 124 valence electrons. The molecule has 0 fully saturated rings. The summed E-state index contributed by atoms with van der Waals surface area (Å²) in [5.41, 5.74) is 4.02. The molecule has 1 aromatic heterocycles. The van der Waals surface area contributed by atoms with Gasteiger partial charge in [-0.05, 0) is 0 Å². The Hall–Kier alpha value is -1.40. The largest absolute Gasteiger partial charge is 0.369 e. The van der Waals surface area contributed by atoms with Crippen LogP contribution in [0.15, 0.2) is 8.68 Å². The molecule has 0 atom stereocenters. The summed E-state index contributed by atoms with van der Waals surface area (Å²) >= 11 is 2.79. The number of amides is 1. The summed E-state index contributed by atoms with van der Waals surface area (Å²) in [5.74, 6) is -11.0. The Morgan fingerprint density at radius 3 is 1.91 bits per heavy atom. The second-order valence-electron chi connectivity index (χ2n) is 3.93. The smallest absolute Gasteiger partial charge is 0.227 e. The first-order valence-electron chi connectivity index (χ1n) is 5.69. The number of primary amides is 1. The molecule has 2 aromatic rings. The van der Waals surface area contributed by atoms with Crippen molar-refractivity contribution in [3.63, 3.8) is 0 Å². The first-order valence-corrected chi connectivity index (χ1v) is 8.47. The summed E-state index contributed by atoms with van der Waals surface area (Å²) in [6, 6.07) is 0. The number of carbonyl (C=O) groups is 1. The molecule has 2 N–H and O–H groups in total. The number of carbonyl (C=O) groups excluding carboxylic acids is 1. The van der Waals surface area contributed by atoms with Gasteiger partial charge in [-0.3, -0.25) is 4.79 Å². The molecule has 23 heavy (non-hydrogen) atoms. The molecule has 12 heteroatoms. The van der Waals surface area contributed by atoms with E-state index in [2.05, 4.69) is 10.2 Å². The van der Waals surface area contributed by atoms with Crippen molar-refractivity contribution in [3.8, 4) is 0 Å². The number of rotatable bonds is 6. The van der Waals surface area contributed by atoms with E-state index in [-0.39, 0.29) is 10.1 Å². The van der Waals surface area contributed by atoms with Gasteiger partial charge in [0.15, 0.2) is 31.9 Å². The lowest BCUT2D eigenvalue weighted by Gasteiger charge is -2.06. The van der Waals surface area contributed by atoms with Crippen LogP contribution in [0.5, 0.6) is 0 Å². The SMILES string of the molecule is NC(=O)CSc1nnc(SCc2c(F)c(F)c(F)c(F)c2F)s1. The fourth-order valence-corrected chi connectivity index (χ4v) is 4.11. The Morgan fingerprint density at radius 2 is 1.39 bits per heavy atom. The number of hydrogen-bond acceptors (Lipinski definition) is 6. The lowest BCUT2D eigenvalue weighted by molar-refractivity contribution is -0.115. The van der Waals surface area contributed by atoms with Crippen LogP contribution in [0.4, 0.5) is 22.0 Å². The van der Waals surface area contributed by atoms with Crippen LogP contribution >= 0.6 is 34.9 Å². The van der Waals surface area contributed by atoms with Gasteiger partial charge in [0.05, 0.1) is 5.75 Å². The molecule has 1 heterocycles. The average molecular weight is 387 g/mol. The zero-order valence-corrected chi connectivity index (χ0v) is 13.4.